The van der Waals surface area contributed by atoms with Gasteiger partial charge in [-0.1, -0.05) is 12.1 Å². The minimum Gasteiger partial charge on any atom is -0.492 e. The molecule has 2 aromatic carbocycles. The summed E-state index contributed by atoms with van der Waals surface area (Å²) >= 11 is 0. The van der Waals surface area contributed by atoms with Crippen LogP contribution in [-0.4, -0.2) is 44.6 Å². The summed E-state index contributed by atoms with van der Waals surface area (Å²) in [6.07, 6.45) is 0.217. The van der Waals surface area contributed by atoms with E-state index in [1.807, 2.05) is 30.3 Å². The van der Waals surface area contributed by atoms with Crippen molar-refractivity contribution in [2.45, 2.75) is 6.10 Å². The second-order valence-electron chi connectivity index (χ2n) is 5.07. The standard InChI is InChI=1S/C15H16O6S/c16-22(17,18)6-5-19-13-3-1-12-8-14(4-2-11(12)7-13)20-9-15-10-21-15/h1-4,7-8,15H,5-6,9-10H2,(H,16,17,18). The van der Waals surface area contributed by atoms with Crippen LogP contribution in [0.25, 0.3) is 10.8 Å². The van der Waals surface area contributed by atoms with Crippen molar-refractivity contribution in [2.24, 2.45) is 0 Å². The maximum Gasteiger partial charge on any atom is 0.268 e. The Morgan fingerprint density at radius 2 is 1.68 bits per heavy atom. The van der Waals surface area contributed by atoms with Crippen LogP contribution in [0, 0.1) is 0 Å². The number of epoxide rings is 1. The fourth-order valence-corrected chi connectivity index (χ4v) is 2.29. The minimum absolute atomic E-state index is 0.0904. The molecule has 1 unspecified atom stereocenters. The second-order valence-corrected chi connectivity index (χ2v) is 6.64. The fraction of sp³-hybridized carbons (Fsp3) is 0.333. The van der Waals surface area contributed by atoms with Gasteiger partial charge in [0.25, 0.3) is 10.1 Å². The van der Waals surface area contributed by atoms with E-state index >= 15 is 0 Å². The summed E-state index contributed by atoms with van der Waals surface area (Å²) in [5.74, 6) is 0.903. The van der Waals surface area contributed by atoms with Crippen molar-refractivity contribution in [3.05, 3.63) is 36.4 Å². The molecule has 0 amide bonds. The molecule has 0 saturated carbocycles. The van der Waals surface area contributed by atoms with Crippen LogP contribution in [0.3, 0.4) is 0 Å². The summed E-state index contributed by atoms with van der Waals surface area (Å²) in [7, 11) is -4.00. The van der Waals surface area contributed by atoms with Gasteiger partial charge in [-0.05, 0) is 35.0 Å². The summed E-state index contributed by atoms with van der Waals surface area (Å²) in [6, 6.07) is 11.1. The minimum atomic E-state index is -4.00. The summed E-state index contributed by atoms with van der Waals surface area (Å²) < 4.78 is 46.0. The van der Waals surface area contributed by atoms with Crippen molar-refractivity contribution in [1.82, 2.24) is 0 Å². The maximum atomic E-state index is 10.6. The summed E-state index contributed by atoms with van der Waals surface area (Å²) in [6.45, 7) is 1.23. The highest BCUT2D eigenvalue weighted by atomic mass is 32.2. The van der Waals surface area contributed by atoms with Gasteiger partial charge in [-0.25, -0.2) is 0 Å². The van der Waals surface area contributed by atoms with E-state index in [0.717, 1.165) is 23.1 Å². The molecule has 0 aliphatic carbocycles. The Balaban J connectivity index is 1.66. The summed E-state index contributed by atoms with van der Waals surface area (Å²) in [5.41, 5.74) is 0. The smallest absolute Gasteiger partial charge is 0.268 e. The Bertz CT molecular complexity index is 767. The Labute approximate surface area is 128 Å². The summed E-state index contributed by atoms with van der Waals surface area (Å²) in [4.78, 5) is 0. The molecule has 1 aliphatic heterocycles. The lowest BCUT2D eigenvalue weighted by Gasteiger charge is -2.08. The molecule has 7 heteroatoms. The molecule has 1 atom stereocenters. The third-order valence-electron chi connectivity index (χ3n) is 3.23. The van der Waals surface area contributed by atoms with Gasteiger partial charge in [-0.15, -0.1) is 0 Å². The maximum absolute atomic E-state index is 10.6. The molecule has 1 saturated heterocycles. The van der Waals surface area contributed by atoms with Crippen LogP contribution in [-0.2, 0) is 14.9 Å². The first-order valence-corrected chi connectivity index (χ1v) is 8.47. The molecule has 0 aromatic heterocycles. The van der Waals surface area contributed by atoms with Crippen molar-refractivity contribution in [2.75, 3.05) is 25.6 Å². The van der Waals surface area contributed by atoms with Gasteiger partial charge in [0.15, 0.2) is 0 Å². The molecule has 3 rings (SSSR count). The van der Waals surface area contributed by atoms with E-state index < -0.39 is 15.9 Å². The number of benzene rings is 2. The van der Waals surface area contributed by atoms with Gasteiger partial charge in [0.2, 0.25) is 0 Å². The fourth-order valence-electron chi connectivity index (χ4n) is 2.00. The van der Waals surface area contributed by atoms with E-state index in [-0.39, 0.29) is 12.7 Å². The van der Waals surface area contributed by atoms with Crippen LogP contribution in [0.4, 0.5) is 0 Å². The summed E-state index contributed by atoms with van der Waals surface area (Å²) in [5, 5.41) is 1.95. The Hall–Kier alpha value is -1.83. The lowest BCUT2D eigenvalue weighted by atomic mass is 10.1. The molecule has 2 aromatic rings. The molecule has 0 spiro atoms. The highest BCUT2D eigenvalue weighted by Gasteiger charge is 2.23. The van der Waals surface area contributed by atoms with E-state index in [1.54, 1.807) is 6.07 Å². The predicted octanol–water partition coefficient (Wildman–Crippen LogP) is 1.88. The first-order valence-electron chi connectivity index (χ1n) is 6.86. The van der Waals surface area contributed by atoms with E-state index in [1.165, 1.54) is 0 Å². The lowest BCUT2D eigenvalue weighted by molar-refractivity contribution is 0.263. The average Bonchev–Trinajstić information content (AvgIpc) is 3.28. The van der Waals surface area contributed by atoms with Crippen molar-refractivity contribution in [3.63, 3.8) is 0 Å². The van der Waals surface area contributed by atoms with Crippen LogP contribution in [0.15, 0.2) is 36.4 Å². The number of hydrogen-bond acceptors (Lipinski definition) is 5. The number of fused-ring (bicyclic) bond motifs is 1. The third-order valence-corrected chi connectivity index (χ3v) is 3.91. The second kappa shape index (κ2) is 6.12. The average molecular weight is 324 g/mol. The molecule has 118 valence electrons. The van der Waals surface area contributed by atoms with Crippen LogP contribution >= 0.6 is 0 Å². The molecule has 6 nitrogen and oxygen atoms in total. The first kappa shape index (κ1) is 15.1. The Kier molecular flexibility index (Phi) is 4.19. The highest BCUT2D eigenvalue weighted by molar-refractivity contribution is 7.85. The van der Waals surface area contributed by atoms with E-state index in [0.29, 0.717) is 12.4 Å². The van der Waals surface area contributed by atoms with Crippen molar-refractivity contribution in [1.29, 1.82) is 0 Å². The number of rotatable bonds is 7. The zero-order chi connectivity index (χ0) is 15.6. The number of ether oxygens (including phenoxy) is 3. The van der Waals surface area contributed by atoms with Gasteiger partial charge < -0.3 is 14.2 Å². The largest absolute Gasteiger partial charge is 0.492 e. The molecule has 1 heterocycles. The molecule has 1 fully saturated rings. The Morgan fingerprint density at radius 3 is 2.23 bits per heavy atom. The molecular weight excluding hydrogens is 308 g/mol. The van der Waals surface area contributed by atoms with Crippen LogP contribution < -0.4 is 9.47 Å². The van der Waals surface area contributed by atoms with Crippen LogP contribution in [0.5, 0.6) is 11.5 Å². The van der Waals surface area contributed by atoms with Crippen LogP contribution in [0.2, 0.25) is 0 Å². The third kappa shape index (κ3) is 4.33. The highest BCUT2D eigenvalue weighted by Crippen LogP contribution is 2.25. The molecule has 1 N–H and O–H groups in total. The topological polar surface area (TPSA) is 85.4 Å². The predicted molar refractivity (Wildman–Crippen MR) is 81.1 cm³/mol. The van der Waals surface area contributed by atoms with E-state index in [9.17, 15) is 8.42 Å². The van der Waals surface area contributed by atoms with Gasteiger partial charge in [-0.2, -0.15) is 8.42 Å². The van der Waals surface area contributed by atoms with E-state index in [4.69, 9.17) is 18.8 Å². The van der Waals surface area contributed by atoms with Crippen molar-refractivity contribution < 1.29 is 27.2 Å². The normalized spacial score (nSPS) is 17.4. The molecule has 0 bridgehead atoms. The van der Waals surface area contributed by atoms with Gasteiger partial charge >= 0.3 is 0 Å². The van der Waals surface area contributed by atoms with Crippen molar-refractivity contribution in [3.8, 4) is 11.5 Å². The van der Waals surface area contributed by atoms with E-state index in [2.05, 4.69) is 0 Å². The molecule has 22 heavy (non-hydrogen) atoms. The quantitative estimate of drug-likeness (QED) is 0.618. The SMILES string of the molecule is O=S(=O)(O)CCOc1ccc2cc(OCC3CO3)ccc2c1. The monoisotopic (exact) mass is 324 g/mol. The Morgan fingerprint density at radius 1 is 1.09 bits per heavy atom. The first-order chi connectivity index (χ1) is 10.5. The molecule has 0 radical (unpaired) electrons. The zero-order valence-corrected chi connectivity index (χ0v) is 12.6. The van der Waals surface area contributed by atoms with Gasteiger partial charge in [0, 0.05) is 0 Å². The van der Waals surface area contributed by atoms with Crippen molar-refractivity contribution >= 4 is 20.9 Å². The van der Waals surface area contributed by atoms with Crippen LogP contribution in [0.1, 0.15) is 0 Å². The molecular formula is C15H16O6S. The number of hydrogen-bond donors (Lipinski definition) is 1. The zero-order valence-electron chi connectivity index (χ0n) is 11.8. The van der Waals surface area contributed by atoms with Gasteiger partial charge in [0.1, 0.15) is 36.6 Å². The molecule has 1 aliphatic rings. The lowest BCUT2D eigenvalue weighted by Crippen LogP contribution is -2.12. The van der Waals surface area contributed by atoms with Gasteiger partial charge in [0.05, 0.1) is 6.61 Å². The van der Waals surface area contributed by atoms with Gasteiger partial charge in [-0.3, -0.25) is 4.55 Å².